The van der Waals surface area contributed by atoms with Crippen molar-refractivity contribution in [2.45, 2.75) is 6.92 Å². The highest BCUT2D eigenvalue weighted by atomic mass is 35.5. The summed E-state index contributed by atoms with van der Waals surface area (Å²) >= 11 is 17.8. The van der Waals surface area contributed by atoms with Crippen molar-refractivity contribution in [3.8, 4) is 5.75 Å². The number of piperazine rings is 1. The number of carbonyl (C=O) groups excluding carboxylic acids is 2. The van der Waals surface area contributed by atoms with Crippen LogP contribution >= 0.6 is 34.8 Å². The number of hydrogen-bond acceptors (Lipinski definition) is 4. The Kier molecular flexibility index (Phi) is 7.62. The third kappa shape index (κ3) is 5.92. The van der Waals surface area contributed by atoms with Crippen LogP contribution in [-0.4, -0.2) is 67.5 Å². The predicted octanol–water partition coefficient (Wildman–Crippen LogP) is 2.31. The highest BCUT2D eigenvalue weighted by molar-refractivity contribution is 6.43. The van der Waals surface area contributed by atoms with Crippen LogP contribution in [0.5, 0.6) is 5.75 Å². The number of nitrogens with one attached hydrogen (secondary N) is 1. The standard InChI is InChI=1S/C16H20Cl3N3O3/c1-2-20-15(23)9-21-3-5-22(6-4-21)16(24)10-25-14-8-12(18)11(17)7-13(14)19/h7-8H,2-6,9-10H2,1H3,(H,20,23). The summed E-state index contributed by atoms with van der Waals surface area (Å²) in [5.41, 5.74) is 0. The molecular weight excluding hydrogens is 389 g/mol. The number of carbonyl (C=O) groups is 2. The maximum atomic E-state index is 12.3. The minimum Gasteiger partial charge on any atom is -0.482 e. The zero-order valence-corrected chi connectivity index (χ0v) is 16.1. The molecule has 1 heterocycles. The minimum absolute atomic E-state index is 0.000121. The van der Waals surface area contributed by atoms with E-state index in [2.05, 4.69) is 5.32 Å². The van der Waals surface area contributed by atoms with Gasteiger partial charge in [-0.15, -0.1) is 0 Å². The second-order valence-electron chi connectivity index (χ2n) is 5.60. The van der Waals surface area contributed by atoms with Gasteiger partial charge in [0.05, 0.1) is 21.6 Å². The summed E-state index contributed by atoms with van der Waals surface area (Å²) in [6.07, 6.45) is 0. The third-order valence-corrected chi connectivity index (χ3v) is 4.81. The smallest absolute Gasteiger partial charge is 0.260 e. The number of nitrogens with zero attached hydrogens (tertiary/aromatic N) is 2. The van der Waals surface area contributed by atoms with Crippen LogP contribution in [0.2, 0.25) is 15.1 Å². The van der Waals surface area contributed by atoms with Crippen LogP contribution in [0.3, 0.4) is 0 Å². The molecule has 0 unspecified atom stereocenters. The molecule has 1 aliphatic heterocycles. The van der Waals surface area contributed by atoms with Gasteiger partial charge in [0, 0.05) is 38.8 Å². The van der Waals surface area contributed by atoms with Crippen LogP contribution in [0.1, 0.15) is 6.92 Å². The molecule has 2 amide bonds. The van der Waals surface area contributed by atoms with Crippen LogP contribution < -0.4 is 10.1 Å². The van der Waals surface area contributed by atoms with Crippen LogP contribution in [0.25, 0.3) is 0 Å². The van der Waals surface area contributed by atoms with Gasteiger partial charge in [-0.1, -0.05) is 34.8 Å². The van der Waals surface area contributed by atoms with Crippen LogP contribution in [0, 0.1) is 0 Å². The van der Waals surface area contributed by atoms with Gasteiger partial charge in [0.25, 0.3) is 5.91 Å². The van der Waals surface area contributed by atoms with E-state index < -0.39 is 0 Å². The Hall–Kier alpha value is -1.21. The number of rotatable bonds is 6. The van der Waals surface area contributed by atoms with Crippen molar-refractivity contribution in [2.24, 2.45) is 0 Å². The van der Waals surface area contributed by atoms with Crippen LogP contribution in [0.15, 0.2) is 12.1 Å². The second kappa shape index (κ2) is 9.48. The maximum Gasteiger partial charge on any atom is 0.260 e. The molecule has 0 bridgehead atoms. The number of ether oxygens (including phenoxy) is 1. The van der Waals surface area contributed by atoms with Crippen molar-refractivity contribution in [2.75, 3.05) is 45.9 Å². The number of amides is 2. The lowest BCUT2D eigenvalue weighted by atomic mass is 10.3. The molecule has 1 aliphatic rings. The molecule has 25 heavy (non-hydrogen) atoms. The Morgan fingerprint density at radius 2 is 1.72 bits per heavy atom. The first-order valence-electron chi connectivity index (χ1n) is 7.95. The lowest BCUT2D eigenvalue weighted by Gasteiger charge is -2.34. The summed E-state index contributed by atoms with van der Waals surface area (Å²) in [5, 5.41) is 3.71. The normalized spacial score (nSPS) is 15.1. The van der Waals surface area contributed by atoms with Gasteiger partial charge in [0.2, 0.25) is 5.91 Å². The van der Waals surface area contributed by atoms with E-state index in [9.17, 15) is 9.59 Å². The largest absolute Gasteiger partial charge is 0.482 e. The van der Waals surface area contributed by atoms with E-state index in [0.29, 0.717) is 60.1 Å². The molecule has 6 nitrogen and oxygen atoms in total. The Balaban J connectivity index is 1.79. The first-order valence-corrected chi connectivity index (χ1v) is 9.08. The zero-order chi connectivity index (χ0) is 18.4. The Bertz CT molecular complexity index is 635. The molecule has 1 aromatic rings. The van der Waals surface area contributed by atoms with Gasteiger partial charge in [-0.2, -0.15) is 0 Å². The molecule has 9 heteroatoms. The minimum atomic E-state index is -0.139. The Labute approximate surface area is 161 Å². The van der Waals surface area contributed by atoms with Gasteiger partial charge in [0.1, 0.15) is 5.75 Å². The summed E-state index contributed by atoms with van der Waals surface area (Å²) in [4.78, 5) is 27.6. The summed E-state index contributed by atoms with van der Waals surface area (Å²) in [6.45, 7) is 5.12. The fraction of sp³-hybridized carbons (Fsp3) is 0.500. The molecule has 1 fully saturated rings. The van der Waals surface area contributed by atoms with E-state index in [-0.39, 0.29) is 18.4 Å². The summed E-state index contributed by atoms with van der Waals surface area (Å²) < 4.78 is 5.47. The predicted molar refractivity (Wildman–Crippen MR) is 98.7 cm³/mol. The number of hydrogen-bond donors (Lipinski definition) is 1. The van der Waals surface area contributed by atoms with E-state index in [1.165, 1.54) is 12.1 Å². The fourth-order valence-electron chi connectivity index (χ4n) is 2.46. The van der Waals surface area contributed by atoms with Crippen LogP contribution in [0.4, 0.5) is 0 Å². The Morgan fingerprint density at radius 1 is 1.08 bits per heavy atom. The molecule has 138 valence electrons. The first kappa shape index (κ1) is 20.1. The monoisotopic (exact) mass is 407 g/mol. The zero-order valence-electron chi connectivity index (χ0n) is 13.9. The molecule has 1 N–H and O–H groups in total. The lowest BCUT2D eigenvalue weighted by molar-refractivity contribution is -0.135. The molecule has 1 aromatic carbocycles. The lowest BCUT2D eigenvalue weighted by Crippen LogP contribution is -2.52. The molecule has 1 saturated heterocycles. The van der Waals surface area contributed by atoms with Gasteiger partial charge >= 0.3 is 0 Å². The van der Waals surface area contributed by atoms with E-state index >= 15 is 0 Å². The van der Waals surface area contributed by atoms with E-state index in [1.807, 2.05) is 11.8 Å². The van der Waals surface area contributed by atoms with E-state index in [4.69, 9.17) is 39.5 Å². The fourth-order valence-corrected chi connectivity index (χ4v) is 3.05. The van der Waals surface area contributed by atoms with Crippen molar-refractivity contribution in [1.82, 2.24) is 15.1 Å². The summed E-state index contributed by atoms with van der Waals surface area (Å²) in [6, 6.07) is 2.97. The number of halogens is 3. The maximum absolute atomic E-state index is 12.3. The van der Waals surface area contributed by atoms with Gasteiger partial charge in [-0.3, -0.25) is 14.5 Å². The molecular formula is C16H20Cl3N3O3. The molecule has 0 spiro atoms. The van der Waals surface area contributed by atoms with Crippen molar-refractivity contribution >= 4 is 46.6 Å². The topological polar surface area (TPSA) is 61.9 Å². The van der Waals surface area contributed by atoms with Gasteiger partial charge in [-0.05, 0) is 13.0 Å². The van der Waals surface area contributed by atoms with Crippen molar-refractivity contribution in [3.63, 3.8) is 0 Å². The van der Waals surface area contributed by atoms with Gasteiger partial charge < -0.3 is 15.0 Å². The number of likely N-dealkylation sites (N-methyl/N-ethyl adjacent to an activating group) is 1. The Morgan fingerprint density at radius 3 is 2.36 bits per heavy atom. The van der Waals surface area contributed by atoms with Crippen molar-refractivity contribution in [1.29, 1.82) is 0 Å². The summed E-state index contributed by atoms with van der Waals surface area (Å²) in [7, 11) is 0. The first-order chi connectivity index (χ1) is 11.9. The highest BCUT2D eigenvalue weighted by Crippen LogP contribution is 2.33. The number of benzene rings is 1. The van der Waals surface area contributed by atoms with Crippen LogP contribution in [-0.2, 0) is 9.59 Å². The van der Waals surface area contributed by atoms with E-state index in [1.54, 1.807) is 4.90 Å². The van der Waals surface area contributed by atoms with Crippen molar-refractivity contribution in [3.05, 3.63) is 27.2 Å². The molecule has 2 rings (SSSR count). The highest BCUT2D eigenvalue weighted by Gasteiger charge is 2.22. The molecule has 0 radical (unpaired) electrons. The van der Waals surface area contributed by atoms with E-state index in [0.717, 1.165) is 0 Å². The van der Waals surface area contributed by atoms with Crippen molar-refractivity contribution < 1.29 is 14.3 Å². The molecule has 0 aliphatic carbocycles. The average Bonchev–Trinajstić information content (AvgIpc) is 2.57. The summed E-state index contributed by atoms with van der Waals surface area (Å²) in [5.74, 6) is 0.180. The van der Waals surface area contributed by atoms with Gasteiger partial charge in [-0.25, -0.2) is 0 Å². The average molecular weight is 409 g/mol. The SMILES string of the molecule is CCNC(=O)CN1CCN(C(=O)COc2cc(Cl)c(Cl)cc2Cl)CC1. The third-order valence-electron chi connectivity index (χ3n) is 3.79. The molecule has 0 atom stereocenters. The molecule has 0 aromatic heterocycles. The molecule has 0 saturated carbocycles. The van der Waals surface area contributed by atoms with Gasteiger partial charge in [0.15, 0.2) is 6.61 Å². The second-order valence-corrected chi connectivity index (χ2v) is 6.82. The quantitative estimate of drug-likeness (QED) is 0.734.